The van der Waals surface area contributed by atoms with Crippen molar-refractivity contribution in [3.05, 3.63) is 131 Å². The topological polar surface area (TPSA) is 44.9 Å². The van der Waals surface area contributed by atoms with Gasteiger partial charge in [0.2, 0.25) is 0 Å². The molecule has 3 heterocycles. The normalized spacial score (nSPS) is 11.6. The standard InChI is InChI=1S/C46H48N4O.Pt/c1-9-34-14-13-15-35(10-2)46(34)45-31(7)48-50(32(45)8)37-25-36(30(5)6)26-39(27-37)51-38-20-21-41-40-16-11-12-17-42(40)49(43(41)28-38)44-24-33(22-23-47-44)19-18-29(3)4;/h11-17,20-26,29-30H,9-10,18-19H2,1-8H3;/q-2;+2. The second kappa shape index (κ2) is 15.6. The summed E-state index contributed by atoms with van der Waals surface area (Å²) in [5, 5.41) is 7.38. The Morgan fingerprint density at radius 1 is 0.769 bits per heavy atom. The summed E-state index contributed by atoms with van der Waals surface area (Å²) >= 11 is 0. The van der Waals surface area contributed by atoms with Crippen LogP contribution in [0.4, 0.5) is 0 Å². The van der Waals surface area contributed by atoms with E-state index in [-0.39, 0.29) is 27.0 Å². The number of aromatic nitrogens is 4. The molecule has 0 amide bonds. The zero-order chi connectivity index (χ0) is 35.8. The molecule has 0 unspecified atom stereocenters. The number of para-hydroxylation sites is 1. The van der Waals surface area contributed by atoms with E-state index in [1.54, 1.807) is 0 Å². The maximum atomic E-state index is 6.66. The SMILES string of the molecule is CCc1cccc(CC)c1-c1c(C)nn(-c2[c-]c(Oc3[c-]c4c(cc3)c3ccccc3n4-c3cc(CCC(C)C)ccn3)cc(C(C)C)c2)c1C.[Pt+2]. The molecule has 0 radical (unpaired) electrons. The molecular formula is C46H48N4OPt. The van der Waals surface area contributed by atoms with Crippen LogP contribution in [0.3, 0.4) is 0 Å². The van der Waals surface area contributed by atoms with Gasteiger partial charge in [0.05, 0.1) is 5.69 Å². The quantitative estimate of drug-likeness (QED) is 0.122. The summed E-state index contributed by atoms with van der Waals surface area (Å²) in [6, 6.07) is 35.2. The monoisotopic (exact) mass is 867 g/mol. The van der Waals surface area contributed by atoms with Gasteiger partial charge < -0.3 is 9.30 Å². The van der Waals surface area contributed by atoms with Crippen molar-refractivity contribution < 1.29 is 25.8 Å². The summed E-state index contributed by atoms with van der Waals surface area (Å²) in [5.41, 5.74) is 12.7. The molecule has 0 aliphatic carbocycles. The average Bonchev–Trinajstić information content (AvgIpc) is 3.62. The minimum absolute atomic E-state index is 0. The van der Waals surface area contributed by atoms with Crippen LogP contribution in [-0.4, -0.2) is 19.3 Å². The van der Waals surface area contributed by atoms with Crippen molar-refractivity contribution in [2.24, 2.45) is 5.92 Å². The molecule has 0 N–H and O–H groups in total. The van der Waals surface area contributed by atoms with Gasteiger partial charge in [-0.25, -0.2) is 4.98 Å². The van der Waals surface area contributed by atoms with Crippen molar-refractivity contribution in [3.8, 4) is 34.1 Å². The second-order valence-corrected chi connectivity index (χ2v) is 14.4. The van der Waals surface area contributed by atoms with Crippen molar-refractivity contribution in [3.63, 3.8) is 0 Å². The molecule has 5 nitrogen and oxygen atoms in total. The minimum Gasteiger partial charge on any atom is -0.509 e. The summed E-state index contributed by atoms with van der Waals surface area (Å²) in [4.78, 5) is 4.85. The molecule has 52 heavy (non-hydrogen) atoms. The number of aryl methyl sites for hydroxylation is 4. The summed E-state index contributed by atoms with van der Waals surface area (Å²) in [6.07, 6.45) is 6.03. The number of hydrogen-bond donors (Lipinski definition) is 0. The molecule has 7 rings (SSSR count). The third kappa shape index (κ3) is 7.13. The first-order valence-corrected chi connectivity index (χ1v) is 18.5. The van der Waals surface area contributed by atoms with Gasteiger partial charge in [0.1, 0.15) is 5.82 Å². The summed E-state index contributed by atoms with van der Waals surface area (Å²) in [7, 11) is 0. The van der Waals surface area contributed by atoms with Crippen LogP contribution in [0.15, 0.2) is 85.1 Å². The molecule has 0 saturated heterocycles. The van der Waals surface area contributed by atoms with E-state index in [2.05, 4.69) is 145 Å². The molecule has 0 saturated carbocycles. The van der Waals surface area contributed by atoms with E-state index in [0.29, 0.717) is 17.4 Å². The predicted molar refractivity (Wildman–Crippen MR) is 211 cm³/mol. The Morgan fingerprint density at radius 2 is 1.52 bits per heavy atom. The molecule has 6 heteroatoms. The molecule has 0 spiro atoms. The van der Waals surface area contributed by atoms with Crippen LogP contribution >= 0.6 is 0 Å². The first kappa shape index (κ1) is 37.3. The zero-order valence-corrected chi connectivity index (χ0v) is 33.9. The Balaban J connectivity index is 0.00000464. The van der Waals surface area contributed by atoms with Crippen LogP contribution in [0.2, 0.25) is 0 Å². The van der Waals surface area contributed by atoms with Gasteiger partial charge in [-0.3, -0.25) is 4.68 Å². The molecule has 0 aliphatic heterocycles. The van der Waals surface area contributed by atoms with Crippen LogP contribution in [0.1, 0.15) is 87.5 Å². The van der Waals surface area contributed by atoms with Crippen LogP contribution in [0.5, 0.6) is 11.5 Å². The zero-order valence-electron chi connectivity index (χ0n) is 31.6. The van der Waals surface area contributed by atoms with Crippen LogP contribution < -0.4 is 4.74 Å². The van der Waals surface area contributed by atoms with Gasteiger partial charge in [-0.05, 0) is 103 Å². The maximum absolute atomic E-state index is 6.66. The Hall–Kier alpha value is -4.47. The van der Waals surface area contributed by atoms with Gasteiger partial charge in [-0.1, -0.05) is 83.5 Å². The molecule has 0 aliphatic rings. The van der Waals surface area contributed by atoms with Gasteiger partial charge in [0.15, 0.2) is 0 Å². The van der Waals surface area contributed by atoms with Gasteiger partial charge in [-0.15, -0.1) is 41.3 Å². The van der Waals surface area contributed by atoms with E-state index in [4.69, 9.17) is 14.8 Å². The summed E-state index contributed by atoms with van der Waals surface area (Å²) in [5.74, 6) is 3.09. The first-order valence-electron chi connectivity index (χ1n) is 18.5. The van der Waals surface area contributed by atoms with Crippen molar-refractivity contribution in [1.82, 2.24) is 19.3 Å². The fourth-order valence-electron chi connectivity index (χ4n) is 7.34. The molecule has 3 aromatic heterocycles. The van der Waals surface area contributed by atoms with Crippen molar-refractivity contribution in [2.45, 2.75) is 87.0 Å². The van der Waals surface area contributed by atoms with E-state index >= 15 is 0 Å². The van der Waals surface area contributed by atoms with Gasteiger partial charge in [0.25, 0.3) is 0 Å². The van der Waals surface area contributed by atoms with Crippen molar-refractivity contribution >= 4 is 21.8 Å². The Bertz CT molecular complexity index is 2340. The van der Waals surface area contributed by atoms with Crippen LogP contribution in [0.25, 0.3) is 44.4 Å². The minimum atomic E-state index is 0. The number of hydrogen-bond acceptors (Lipinski definition) is 3. The summed E-state index contributed by atoms with van der Waals surface area (Å²) < 4.78 is 10.9. The van der Waals surface area contributed by atoms with E-state index < -0.39 is 0 Å². The number of rotatable bonds is 11. The van der Waals surface area contributed by atoms with E-state index in [1.165, 1.54) is 27.8 Å². The number of pyridine rings is 1. The summed E-state index contributed by atoms with van der Waals surface area (Å²) in [6.45, 7) is 17.7. The second-order valence-electron chi connectivity index (χ2n) is 14.4. The van der Waals surface area contributed by atoms with Gasteiger partial charge in [0, 0.05) is 34.5 Å². The van der Waals surface area contributed by atoms with Crippen LogP contribution in [0, 0.1) is 31.9 Å². The fourth-order valence-corrected chi connectivity index (χ4v) is 7.34. The first-order chi connectivity index (χ1) is 24.7. The molecule has 0 fully saturated rings. The third-order valence-corrected chi connectivity index (χ3v) is 10.1. The Labute approximate surface area is 323 Å². The maximum Gasteiger partial charge on any atom is 2.00 e. The predicted octanol–water partition coefficient (Wildman–Crippen LogP) is 11.9. The number of fused-ring (bicyclic) bond motifs is 3. The number of ether oxygens (including phenoxy) is 1. The Kier molecular flexibility index (Phi) is 11.2. The van der Waals surface area contributed by atoms with Crippen molar-refractivity contribution in [1.29, 1.82) is 0 Å². The Morgan fingerprint density at radius 3 is 2.23 bits per heavy atom. The molecule has 0 atom stereocenters. The van der Waals surface area contributed by atoms with E-state index in [0.717, 1.165) is 75.9 Å². The molecular weight excluding hydrogens is 820 g/mol. The van der Waals surface area contributed by atoms with Crippen LogP contribution in [-0.2, 0) is 40.3 Å². The average molecular weight is 868 g/mol. The molecule has 7 aromatic rings. The molecule has 0 bridgehead atoms. The number of benzene rings is 4. The van der Waals surface area contributed by atoms with E-state index in [1.807, 2.05) is 16.9 Å². The number of nitrogens with zero attached hydrogens (tertiary/aromatic N) is 4. The van der Waals surface area contributed by atoms with Crippen molar-refractivity contribution in [2.75, 3.05) is 0 Å². The van der Waals surface area contributed by atoms with E-state index in [9.17, 15) is 0 Å². The van der Waals surface area contributed by atoms with Gasteiger partial charge >= 0.3 is 21.1 Å². The third-order valence-electron chi connectivity index (χ3n) is 10.1. The largest absolute Gasteiger partial charge is 2.00 e. The van der Waals surface area contributed by atoms with Gasteiger partial charge in [-0.2, -0.15) is 11.2 Å². The fraction of sp³-hybridized carbons (Fsp3) is 0.304. The molecule has 4 aromatic carbocycles. The molecule has 268 valence electrons. The smallest absolute Gasteiger partial charge is 0.509 e.